The molecule has 0 saturated heterocycles. The van der Waals surface area contributed by atoms with Crippen LogP contribution in [0.25, 0.3) is 0 Å². The molecule has 0 saturated carbocycles. The van der Waals surface area contributed by atoms with Gasteiger partial charge in [-0.15, -0.1) is 0 Å². The Kier molecular flexibility index (Phi) is 8.64. The molecule has 0 aliphatic carbocycles. The maximum Gasteiger partial charge on any atom is 0.259 e. The summed E-state index contributed by atoms with van der Waals surface area (Å²) in [5, 5.41) is 6.11. The Morgan fingerprint density at radius 1 is 0.927 bits per heavy atom. The van der Waals surface area contributed by atoms with Crippen LogP contribution >= 0.6 is 11.8 Å². The van der Waals surface area contributed by atoms with Crippen molar-refractivity contribution in [3.8, 4) is 11.5 Å². The van der Waals surface area contributed by atoms with E-state index in [1.807, 2.05) is 48.5 Å². The maximum atomic E-state index is 13.5. The quantitative estimate of drug-likeness (QED) is 0.378. The summed E-state index contributed by atoms with van der Waals surface area (Å²) in [6.45, 7) is 0.376. The minimum Gasteiger partial charge on any atom is -0.497 e. The van der Waals surface area contributed by atoms with Crippen molar-refractivity contribution in [2.75, 3.05) is 25.3 Å². The van der Waals surface area contributed by atoms with E-state index in [1.54, 1.807) is 38.5 Å². The van der Waals surface area contributed by atoms with Crippen molar-refractivity contribution in [1.29, 1.82) is 0 Å². The summed E-state index contributed by atoms with van der Waals surface area (Å²) < 4.78 is 10.3. The van der Waals surface area contributed by atoms with Crippen LogP contribution in [0.5, 0.6) is 11.5 Å². The van der Waals surface area contributed by atoms with Gasteiger partial charge in [0, 0.05) is 24.2 Å². The number of thioether (sulfide) groups is 1. The monoisotopic (exact) mass is 571 g/mol. The highest BCUT2D eigenvalue weighted by Crippen LogP contribution is 2.34. The van der Waals surface area contributed by atoms with Crippen molar-refractivity contribution in [3.05, 3.63) is 83.9 Å². The summed E-state index contributed by atoms with van der Waals surface area (Å²) >= 11 is 1.16. The molecular weight excluding hydrogens is 542 g/mol. The van der Waals surface area contributed by atoms with Gasteiger partial charge in [0.25, 0.3) is 5.91 Å². The summed E-state index contributed by atoms with van der Waals surface area (Å²) in [5.41, 5.74) is 2.99. The van der Waals surface area contributed by atoms with Gasteiger partial charge in [-0.1, -0.05) is 36.0 Å². The number of aliphatic imine (C=N–C) groups is 2. The predicted octanol–water partition coefficient (Wildman–Crippen LogP) is 4.13. The Bertz CT molecular complexity index is 1500. The van der Waals surface area contributed by atoms with Gasteiger partial charge in [0.15, 0.2) is 5.17 Å². The first-order chi connectivity index (χ1) is 19.9. The van der Waals surface area contributed by atoms with Gasteiger partial charge in [0.1, 0.15) is 23.4 Å². The van der Waals surface area contributed by atoms with Gasteiger partial charge in [-0.05, 0) is 60.5 Å². The Balaban J connectivity index is 1.21. The molecule has 2 N–H and O–H groups in total. The van der Waals surface area contributed by atoms with E-state index in [0.717, 1.165) is 28.6 Å². The van der Waals surface area contributed by atoms with E-state index in [-0.39, 0.29) is 36.3 Å². The van der Waals surface area contributed by atoms with E-state index in [1.165, 1.54) is 4.90 Å². The van der Waals surface area contributed by atoms with E-state index in [0.29, 0.717) is 34.7 Å². The van der Waals surface area contributed by atoms with Gasteiger partial charge in [-0.2, -0.15) is 0 Å². The fourth-order valence-electron chi connectivity index (χ4n) is 4.39. The first kappa shape index (κ1) is 27.9. The SMILES string of the molecule is COc1ccc(CNC(=O)CC[C@@H]2N=C3c4ccccc4N=C(SCC(=O)Nc4ccc(OC)cc4)N3C2=O)cc1. The van der Waals surface area contributed by atoms with Crippen LogP contribution in [0.4, 0.5) is 11.4 Å². The van der Waals surface area contributed by atoms with E-state index >= 15 is 0 Å². The number of hydrogen-bond acceptors (Lipinski definition) is 8. The van der Waals surface area contributed by atoms with Crippen LogP contribution in [0.15, 0.2) is 82.8 Å². The van der Waals surface area contributed by atoms with Crippen molar-refractivity contribution in [2.45, 2.75) is 25.4 Å². The molecule has 1 atom stereocenters. The van der Waals surface area contributed by atoms with E-state index in [4.69, 9.17) is 14.5 Å². The van der Waals surface area contributed by atoms with Crippen LogP contribution in [0, 0.1) is 0 Å². The molecule has 0 spiro atoms. The molecule has 11 heteroatoms. The Labute approximate surface area is 241 Å². The largest absolute Gasteiger partial charge is 0.497 e. The lowest BCUT2D eigenvalue weighted by Gasteiger charge is -2.25. The normalized spacial score (nSPS) is 15.3. The number of para-hydroxylation sites is 1. The summed E-state index contributed by atoms with van der Waals surface area (Å²) in [4.78, 5) is 49.5. The lowest BCUT2D eigenvalue weighted by Crippen LogP contribution is -2.41. The average Bonchev–Trinajstić information content (AvgIpc) is 3.34. The van der Waals surface area contributed by atoms with Crippen LogP contribution in [0.2, 0.25) is 0 Å². The number of rotatable bonds is 10. The zero-order valence-corrected chi connectivity index (χ0v) is 23.4. The zero-order chi connectivity index (χ0) is 28.8. The molecule has 10 nitrogen and oxygen atoms in total. The van der Waals surface area contributed by atoms with Gasteiger partial charge >= 0.3 is 0 Å². The molecule has 2 aliphatic rings. The molecular formula is C30H29N5O5S. The second kappa shape index (κ2) is 12.7. The highest BCUT2D eigenvalue weighted by molar-refractivity contribution is 8.14. The topological polar surface area (TPSA) is 122 Å². The number of carbonyl (C=O) groups excluding carboxylic acids is 3. The minimum atomic E-state index is -0.721. The number of amidine groups is 2. The maximum absolute atomic E-state index is 13.5. The molecule has 0 unspecified atom stereocenters. The Morgan fingerprint density at radius 2 is 1.61 bits per heavy atom. The first-order valence-electron chi connectivity index (χ1n) is 13.0. The highest BCUT2D eigenvalue weighted by atomic mass is 32.2. The van der Waals surface area contributed by atoms with Crippen LogP contribution < -0.4 is 20.1 Å². The number of fused-ring (bicyclic) bond motifs is 3. The molecule has 0 radical (unpaired) electrons. The molecule has 41 heavy (non-hydrogen) atoms. The lowest BCUT2D eigenvalue weighted by atomic mass is 10.1. The molecule has 3 aromatic carbocycles. The number of benzene rings is 3. The van der Waals surface area contributed by atoms with Crippen molar-refractivity contribution < 1.29 is 23.9 Å². The van der Waals surface area contributed by atoms with Gasteiger partial charge in [0.05, 0.1) is 25.7 Å². The van der Waals surface area contributed by atoms with Crippen LogP contribution in [-0.4, -0.2) is 59.6 Å². The number of anilines is 1. The molecule has 3 amide bonds. The third kappa shape index (κ3) is 6.58. The molecule has 3 aromatic rings. The Morgan fingerprint density at radius 3 is 2.32 bits per heavy atom. The average molecular weight is 572 g/mol. The second-order valence-electron chi connectivity index (χ2n) is 9.28. The van der Waals surface area contributed by atoms with Crippen molar-refractivity contribution in [3.63, 3.8) is 0 Å². The second-order valence-corrected chi connectivity index (χ2v) is 10.2. The summed E-state index contributed by atoms with van der Waals surface area (Å²) in [7, 11) is 3.18. The molecule has 2 heterocycles. The summed E-state index contributed by atoms with van der Waals surface area (Å²) in [5.74, 6) is 1.30. The molecule has 0 bridgehead atoms. The van der Waals surface area contributed by atoms with E-state index in [2.05, 4.69) is 15.6 Å². The number of carbonyl (C=O) groups is 3. The van der Waals surface area contributed by atoms with Gasteiger partial charge < -0.3 is 20.1 Å². The fourth-order valence-corrected chi connectivity index (χ4v) is 5.19. The van der Waals surface area contributed by atoms with Gasteiger partial charge in [-0.25, -0.2) is 9.89 Å². The van der Waals surface area contributed by atoms with E-state index < -0.39 is 6.04 Å². The van der Waals surface area contributed by atoms with Crippen LogP contribution in [0.1, 0.15) is 24.0 Å². The fraction of sp³-hybridized carbons (Fsp3) is 0.233. The number of amides is 3. The van der Waals surface area contributed by atoms with E-state index in [9.17, 15) is 14.4 Å². The molecule has 0 aromatic heterocycles. The van der Waals surface area contributed by atoms with Gasteiger partial charge in [0.2, 0.25) is 11.8 Å². The van der Waals surface area contributed by atoms with Crippen molar-refractivity contribution in [2.24, 2.45) is 9.98 Å². The zero-order valence-electron chi connectivity index (χ0n) is 22.6. The first-order valence-corrected chi connectivity index (χ1v) is 14.0. The van der Waals surface area contributed by atoms with Crippen LogP contribution in [-0.2, 0) is 20.9 Å². The number of hydrogen-bond donors (Lipinski definition) is 2. The third-order valence-corrected chi connectivity index (χ3v) is 7.49. The molecule has 210 valence electrons. The number of methoxy groups -OCH3 is 2. The van der Waals surface area contributed by atoms with Gasteiger partial charge in [-0.3, -0.25) is 19.4 Å². The number of nitrogens with zero attached hydrogens (tertiary/aromatic N) is 3. The standard InChI is InChI=1S/C30H29N5O5S/c1-39-21-11-7-19(8-12-21)17-31-26(36)16-15-25-29(38)35-28(33-25)23-5-3-4-6-24(23)34-30(35)41-18-27(37)32-20-9-13-22(40-2)14-10-20/h3-14,25H,15-18H2,1-2H3,(H,31,36)(H,32,37)/t25-/m0/s1. The summed E-state index contributed by atoms with van der Waals surface area (Å²) in [6.07, 6.45) is 0.397. The number of nitrogens with one attached hydrogen (secondary N) is 2. The third-order valence-electron chi connectivity index (χ3n) is 6.55. The summed E-state index contributed by atoms with van der Waals surface area (Å²) in [6, 6.07) is 21.2. The highest BCUT2D eigenvalue weighted by Gasteiger charge is 2.41. The smallest absolute Gasteiger partial charge is 0.259 e. The van der Waals surface area contributed by atoms with Crippen LogP contribution in [0.3, 0.4) is 0 Å². The molecule has 0 fully saturated rings. The molecule has 5 rings (SSSR count). The predicted molar refractivity (Wildman–Crippen MR) is 159 cm³/mol. The number of ether oxygens (including phenoxy) is 2. The Hall–Kier alpha value is -4.64. The lowest BCUT2D eigenvalue weighted by molar-refractivity contribution is -0.125. The van der Waals surface area contributed by atoms with Crippen molar-refractivity contribution >= 4 is 51.9 Å². The van der Waals surface area contributed by atoms with Crippen molar-refractivity contribution in [1.82, 2.24) is 10.2 Å². The minimum absolute atomic E-state index is 0.0442. The molecule has 2 aliphatic heterocycles.